The Labute approximate surface area is 136 Å². The van der Waals surface area contributed by atoms with Crippen molar-refractivity contribution in [3.05, 3.63) is 45.4 Å². The smallest absolute Gasteiger partial charge is 0.323 e. The molecule has 2 rings (SSSR count). The number of benzene rings is 1. The van der Waals surface area contributed by atoms with Gasteiger partial charge in [-0.25, -0.2) is 0 Å². The summed E-state index contributed by atoms with van der Waals surface area (Å²) in [6, 6.07) is 6.92. The number of carbonyl (C=O) groups is 2. The maximum atomic E-state index is 12.6. The summed E-state index contributed by atoms with van der Waals surface area (Å²) in [5.41, 5.74) is 1.39. The fourth-order valence-electron chi connectivity index (χ4n) is 1.92. The number of aliphatic carboxylic acids is 1. The maximum absolute atomic E-state index is 12.6. The van der Waals surface area contributed by atoms with Crippen LogP contribution in [0.25, 0.3) is 0 Å². The van der Waals surface area contributed by atoms with Crippen LogP contribution in [-0.4, -0.2) is 38.0 Å². The Hall–Kier alpha value is -1.99. The molecule has 0 aliphatic carbocycles. The van der Waals surface area contributed by atoms with Gasteiger partial charge in [0.25, 0.3) is 5.91 Å². The van der Waals surface area contributed by atoms with Crippen molar-refractivity contribution in [2.45, 2.75) is 19.9 Å². The van der Waals surface area contributed by atoms with Crippen molar-refractivity contribution < 1.29 is 14.7 Å². The van der Waals surface area contributed by atoms with Crippen LogP contribution in [0.5, 0.6) is 0 Å². The first-order valence-corrected chi connectivity index (χ1v) is 7.73. The van der Waals surface area contributed by atoms with E-state index in [0.717, 1.165) is 17.1 Å². The first-order valence-electron chi connectivity index (χ1n) is 6.58. The van der Waals surface area contributed by atoms with Crippen LogP contribution in [0.1, 0.15) is 27.9 Å². The molecule has 1 aromatic heterocycles. The van der Waals surface area contributed by atoms with E-state index in [1.54, 1.807) is 24.3 Å². The van der Waals surface area contributed by atoms with E-state index in [1.807, 2.05) is 6.92 Å². The number of carbonyl (C=O) groups excluding carboxylic acids is 1. The van der Waals surface area contributed by atoms with E-state index < -0.39 is 5.97 Å². The number of carboxylic acids is 1. The van der Waals surface area contributed by atoms with E-state index in [9.17, 15) is 9.59 Å². The molecular formula is C14H14ClN3O3S. The third-order valence-corrected chi connectivity index (χ3v) is 3.99. The Balaban J connectivity index is 2.23. The van der Waals surface area contributed by atoms with Gasteiger partial charge >= 0.3 is 5.97 Å². The van der Waals surface area contributed by atoms with Crippen LogP contribution < -0.4 is 0 Å². The standard InChI is InChI=1S/C14H14ClN3O3S/c1-2-11-13(22-17-16-11)14(21)18(8-12(19)20)7-9-3-5-10(15)6-4-9/h3-6H,2,7-8H2,1H3,(H,19,20). The summed E-state index contributed by atoms with van der Waals surface area (Å²) in [5, 5.41) is 13.5. The van der Waals surface area contributed by atoms with Gasteiger partial charge in [-0.2, -0.15) is 0 Å². The number of halogens is 1. The number of nitrogens with zero attached hydrogens (tertiary/aromatic N) is 3. The minimum absolute atomic E-state index is 0.184. The van der Waals surface area contributed by atoms with E-state index in [1.165, 1.54) is 4.90 Å². The Morgan fingerprint density at radius 3 is 2.59 bits per heavy atom. The highest BCUT2D eigenvalue weighted by Gasteiger charge is 2.23. The summed E-state index contributed by atoms with van der Waals surface area (Å²) >= 11 is 6.81. The van der Waals surface area contributed by atoms with Crippen LogP contribution >= 0.6 is 23.1 Å². The lowest BCUT2D eigenvalue weighted by Crippen LogP contribution is -2.35. The lowest BCUT2D eigenvalue weighted by atomic mass is 10.2. The van der Waals surface area contributed by atoms with E-state index in [2.05, 4.69) is 9.59 Å². The number of aromatic nitrogens is 2. The quantitative estimate of drug-likeness (QED) is 0.874. The van der Waals surface area contributed by atoms with E-state index >= 15 is 0 Å². The van der Waals surface area contributed by atoms with Crippen LogP contribution in [0.4, 0.5) is 0 Å². The molecule has 1 heterocycles. The minimum atomic E-state index is -1.07. The predicted molar refractivity (Wildman–Crippen MR) is 83.1 cm³/mol. The molecule has 22 heavy (non-hydrogen) atoms. The third-order valence-electron chi connectivity index (χ3n) is 2.98. The summed E-state index contributed by atoms with van der Waals surface area (Å²) in [5.74, 6) is -1.44. The van der Waals surface area contributed by atoms with Gasteiger partial charge in [0.15, 0.2) is 0 Å². The number of hydrogen-bond acceptors (Lipinski definition) is 5. The molecular weight excluding hydrogens is 326 g/mol. The average Bonchev–Trinajstić information content (AvgIpc) is 2.96. The zero-order valence-electron chi connectivity index (χ0n) is 11.8. The molecule has 8 heteroatoms. The molecule has 1 aromatic carbocycles. The number of hydrogen-bond donors (Lipinski definition) is 1. The number of aryl methyl sites for hydroxylation is 1. The topological polar surface area (TPSA) is 83.4 Å². The van der Waals surface area contributed by atoms with Gasteiger partial charge in [0, 0.05) is 11.6 Å². The lowest BCUT2D eigenvalue weighted by molar-refractivity contribution is -0.137. The molecule has 0 atom stereocenters. The molecule has 0 saturated heterocycles. The first kappa shape index (κ1) is 16.4. The normalized spacial score (nSPS) is 10.5. The monoisotopic (exact) mass is 339 g/mol. The average molecular weight is 340 g/mol. The van der Waals surface area contributed by atoms with Crippen molar-refractivity contribution >= 4 is 35.0 Å². The molecule has 0 bridgehead atoms. The SMILES string of the molecule is CCc1nnsc1C(=O)N(CC(=O)O)Cc1ccc(Cl)cc1. The highest BCUT2D eigenvalue weighted by Crippen LogP contribution is 2.17. The zero-order valence-corrected chi connectivity index (χ0v) is 13.4. The van der Waals surface area contributed by atoms with Crippen molar-refractivity contribution in [1.82, 2.24) is 14.5 Å². The third kappa shape index (κ3) is 4.02. The predicted octanol–water partition coefficient (Wildman–Crippen LogP) is 2.48. The van der Waals surface area contributed by atoms with Crippen molar-refractivity contribution in [1.29, 1.82) is 0 Å². The molecule has 1 N–H and O–H groups in total. The summed E-state index contributed by atoms with van der Waals surface area (Å²) in [4.78, 5) is 25.2. The van der Waals surface area contributed by atoms with Crippen LogP contribution in [0.2, 0.25) is 5.02 Å². The number of amides is 1. The molecule has 0 radical (unpaired) electrons. The fraction of sp³-hybridized carbons (Fsp3) is 0.286. The fourth-order valence-corrected chi connectivity index (χ4v) is 2.76. The van der Waals surface area contributed by atoms with Crippen LogP contribution in [-0.2, 0) is 17.8 Å². The van der Waals surface area contributed by atoms with E-state index in [4.69, 9.17) is 16.7 Å². The summed E-state index contributed by atoms with van der Waals surface area (Å²) in [7, 11) is 0. The summed E-state index contributed by atoms with van der Waals surface area (Å²) < 4.78 is 3.77. The van der Waals surface area contributed by atoms with Crippen molar-refractivity contribution in [3.8, 4) is 0 Å². The van der Waals surface area contributed by atoms with Gasteiger partial charge in [-0.15, -0.1) is 5.10 Å². The molecule has 0 saturated carbocycles. The van der Waals surface area contributed by atoms with E-state index in [0.29, 0.717) is 22.0 Å². The van der Waals surface area contributed by atoms with Gasteiger partial charge in [0.2, 0.25) is 0 Å². The van der Waals surface area contributed by atoms with Gasteiger partial charge in [0.05, 0.1) is 5.69 Å². The second-order valence-electron chi connectivity index (χ2n) is 4.58. The van der Waals surface area contributed by atoms with Crippen LogP contribution in [0.15, 0.2) is 24.3 Å². The number of rotatable bonds is 6. The van der Waals surface area contributed by atoms with Gasteiger partial charge in [0.1, 0.15) is 11.4 Å². The Morgan fingerprint density at radius 1 is 1.32 bits per heavy atom. The molecule has 2 aromatic rings. The van der Waals surface area contributed by atoms with Gasteiger partial charge in [-0.3, -0.25) is 9.59 Å². The zero-order chi connectivity index (χ0) is 16.1. The molecule has 116 valence electrons. The Bertz CT molecular complexity index is 672. The second kappa shape index (κ2) is 7.33. The summed E-state index contributed by atoms with van der Waals surface area (Å²) in [6.07, 6.45) is 0.569. The van der Waals surface area contributed by atoms with E-state index in [-0.39, 0.29) is 19.0 Å². The first-order chi connectivity index (χ1) is 10.5. The van der Waals surface area contributed by atoms with Crippen LogP contribution in [0, 0.1) is 0 Å². The highest BCUT2D eigenvalue weighted by molar-refractivity contribution is 7.08. The van der Waals surface area contributed by atoms with Crippen molar-refractivity contribution in [3.63, 3.8) is 0 Å². The molecule has 0 spiro atoms. The van der Waals surface area contributed by atoms with Gasteiger partial charge in [-0.1, -0.05) is 35.1 Å². The van der Waals surface area contributed by atoms with Crippen molar-refractivity contribution in [2.75, 3.05) is 6.54 Å². The molecule has 0 aliphatic rings. The summed E-state index contributed by atoms with van der Waals surface area (Å²) in [6.45, 7) is 1.67. The lowest BCUT2D eigenvalue weighted by Gasteiger charge is -2.20. The largest absolute Gasteiger partial charge is 0.480 e. The van der Waals surface area contributed by atoms with Crippen LogP contribution in [0.3, 0.4) is 0 Å². The maximum Gasteiger partial charge on any atom is 0.323 e. The molecule has 0 aliphatic heterocycles. The van der Waals surface area contributed by atoms with Crippen molar-refractivity contribution in [2.24, 2.45) is 0 Å². The molecule has 1 amide bonds. The Kier molecular flexibility index (Phi) is 5.46. The van der Waals surface area contributed by atoms with Gasteiger partial charge < -0.3 is 10.0 Å². The molecule has 0 unspecified atom stereocenters. The molecule has 6 nitrogen and oxygen atoms in total. The Morgan fingerprint density at radius 2 is 2.00 bits per heavy atom. The van der Waals surface area contributed by atoms with Gasteiger partial charge in [-0.05, 0) is 35.6 Å². The number of carboxylic acid groups (broad SMARTS) is 1. The second-order valence-corrected chi connectivity index (χ2v) is 5.77. The minimum Gasteiger partial charge on any atom is -0.480 e. The highest BCUT2D eigenvalue weighted by atomic mass is 35.5. The molecule has 0 fully saturated rings.